The van der Waals surface area contributed by atoms with Crippen LogP contribution in [0.1, 0.15) is 51.9 Å². The van der Waals surface area contributed by atoms with Crippen LogP contribution in [-0.4, -0.2) is 30.1 Å². The molecule has 0 aliphatic heterocycles. The topological polar surface area (TPSA) is 29.3 Å². The maximum absolute atomic E-state index is 5.97. The fourth-order valence-electron chi connectivity index (χ4n) is 2.83. The number of hydrogen-bond acceptors (Lipinski definition) is 2. The summed E-state index contributed by atoms with van der Waals surface area (Å²) in [6.45, 7) is 4.95. The van der Waals surface area contributed by atoms with Crippen LogP contribution in [0.15, 0.2) is 0 Å². The molecule has 0 heterocycles. The maximum Gasteiger partial charge on any atom is 0.00965 e. The molecule has 2 nitrogen and oxygen atoms in total. The Balaban J connectivity index is 1.73. The average Bonchev–Trinajstić information content (AvgIpc) is 2.98. The van der Waals surface area contributed by atoms with Gasteiger partial charge in [-0.1, -0.05) is 13.3 Å². The lowest BCUT2D eigenvalue weighted by Crippen LogP contribution is -2.32. The highest BCUT2D eigenvalue weighted by Gasteiger charge is 2.31. The summed E-state index contributed by atoms with van der Waals surface area (Å²) < 4.78 is 0. The summed E-state index contributed by atoms with van der Waals surface area (Å²) in [5.41, 5.74) is 5.97. The van der Waals surface area contributed by atoms with Crippen LogP contribution in [0.5, 0.6) is 0 Å². The second-order valence-electron chi connectivity index (χ2n) is 5.52. The molecule has 0 amide bonds. The number of nitrogens with two attached hydrogens (primary N) is 1. The lowest BCUT2D eigenvalue weighted by Gasteiger charge is -2.25. The molecule has 0 aromatic carbocycles. The van der Waals surface area contributed by atoms with Gasteiger partial charge >= 0.3 is 0 Å². The summed E-state index contributed by atoms with van der Waals surface area (Å²) in [6, 6.07) is 1.44. The van der Waals surface area contributed by atoms with Gasteiger partial charge in [0, 0.05) is 18.6 Å². The van der Waals surface area contributed by atoms with Crippen molar-refractivity contribution in [3.05, 3.63) is 0 Å². The normalized spacial score (nSPS) is 31.4. The molecule has 15 heavy (non-hydrogen) atoms. The number of hydrogen-bond donors (Lipinski definition) is 1. The molecule has 2 atom stereocenters. The molecule has 0 bridgehead atoms. The summed E-state index contributed by atoms with van der Waals surface area (Å²) >= 11 is 0. The first kappa shape index (κ1) is 11.4. The van der Waals surface area contributed by atoms with E-state index in [0.29, 0.717) is 6.04 Å². The Kier molecular flexibility index (Phi) is 4.04. The van der Waals surface area contributed by atoms with E-state index in [1.165, 1.54) is 58.0 Å². The third-order valence-corrected chi connectivity index (χ3v) is 3.94. The number of rotatable bonds is 6. The van der Waals surface area contributed by atoms with E-state index in [1.807, 2.05) is 0 Å². The maximum atomic E-state index is 5.97. The van der Waals surface area contributed by atoms with Gasteiger partial charge in [0.05, 0.1) is 0 Å². The minimum Gasteiger partial charge on any atom is -0.328 e. The van der Waals surface area contributed by atoms with Gasteiger partial charge in [-0.05, 0) is 51.0 Å². The Bertz CT molecular complexity index is 189. The van der Waals surface area contributed by atoms with Crippen LogP contribution in [0.3, 0.4) is 0 Å². The van der Waals surface area contributed by atoms with Crippen LogP contribution in [0.2, 0.25) is 0 Å². The van der Waals surface area contributed by atoms with Crippen LogP contribution in [0.4, 0.5) is 0 Å². The molecule has 0 saturated heterocycles. The molecule has 2 aliphatic rings. The summed E-state index contributed by atoms with van der Waals surface area (Å²) in [5, 5.41) is 0. The van der Waals surface area contributed by atoms with Crippen molar-refractivity contribution in [3.63, 3.8) is 0 Å². The van der Waals surface area contributed by atoms with E-state index in [1.54, 1.807) is 0 Å². The number of unbranched alkanes of at least 4 members (excludes halogenated alkanes) is 1. The van der Waals surface area contributed by atoms with Gasteiger partial charge in [0.25, 0.3) is 0 Å². The summed E-state index contributed by atoms with van der Waals surface area (Å²) in [6.07, 6.45) is 9.50. The lowest BCUT2D eigenvalue weighted by atomic mass is 10.1. The molecular weight excluding hydrogens is 184 g/mol. The molecule has 2 N–H and O–H groups in total. The highest BCUT2D eigenvalue weighted by Crippen LogP contribution is 2.31. The largest absolute Gasteiger partial charge is 0.328 e. The van der Waals surface area contributed by atoms with Crippen molar-refractivity contribution in [3.8, 4) is 0 Å². The second kappa shape index (κ2) is 5.31. The molecule has 0 aromatic heterocycles. The first-order valence-corrected chi connectivity index (χ1v) is 6.79. The van der Waals surface area contributed by atoms with E-state index in [2.05, 4.69) is 11.8 Å². The monoisotopic (exact) mass is 210 g/mol. The van der Waals surface area contributed by atoms with Gasteiger partial charge in [-0.15, -0.1) is 0 Å². The van der Waals surface area contributed by atoms with Crippen LogP contribution >= 0.6 is 0 Å². The smallest absolute Gasteiger partial charge is 0.00965 e. The zero-order valence-corrected chi connectivity index (χ0v) is 10.1. The third kappa shape index (κ3) is 3.46. The van der Waals surface area contributed by atoms with Gasteiger partial charge in [-0.2, -0.15) is 0 Å². The summed E-state index contributed by atoms with van der Waals surface area (Å²) in [4.78, 5) is 2.74. The first-order valence-electron chi connectivity index (χ1n) is 6.79. The molecule has 0 aromatic rings. The van der Waals surface area contributed by atoms with Crippen molar-refractivity contribution in [2.24, 2.45) is 11.7 Å². The third-order valence-electron chi connectivity index (χ3n) is 3.94. The van der Waals surface area contributed by atoms with Gasteiger partial charge in [0.15, 0.2) is 0 Å². The van der Waals surface area contributed by atoms with Gasteiger partial charge in [0.1, 0.15) is 0 Å². The summed E-state index contributed by atoms with van der Waals surface area (Å²) in [5.74, 6) is 0.900. The fourth-order valence-corrected chi connectivity index (χ4v) is 2.83. The molecule has 0 radical (unpaired) electrons. The van der Waals surface area contributed by atoms with Crippen molar-refractivity contribution >= 4 is 0 Å². The van der Waals surface area contributed by atoms with E-state index in [-0.39, 0.29) is 0 Å². The van der Waals surface area contributed by atoms with Crippen molar-refractivity contribution < 1.29 is 0 Å². The quantitative estimate of drug-likeness (QED) is 0.729. The van der Waals surface area contributed by atoms with E-state index in [9.17, 15) is 0 Å². The van der Waals surface area contributed by atoms with E-state index < -0.39 is 0 Å². The average molecular weight is 210 g/mol. The van der Waals surface area contributed by atoms with Crippen LogP contribution in [0, 0.1) is 5.92 Å². The van der Waals surface area contributed by atoms with Crippen molar-refractivity contribution in [1.82, 2.24) is 4.90 Å². The van der Waals surface area contributed by atoms with Crippen LogP contribution in [0.25, 0.3) is 0 Å². The Morgan fingerprint density at radius 1 is 1.20 bits per heavy atom. The fraction of sp³-hybridized carbons (Fsp3) is 1.00. The molecule has 2 heteroatoms. The van der Waals surface area contributed by atoms with Crippen molar-refractivity contribution in [2.75, 3.05) is 13.1 Å². The lowest BCUT2D eigenvalue weighted by molar-refractivity contribution is 0.218. The van der Waals surface area contributed by atoms with E-state index in [4.69, 9.17) is 5.73 Å². The predicted molar refractivity (Wildman–Crippen MR) is 64.8 cm³/mol. The SMILES string of the molecule is CCCCN(CC1CCC(N)C1)C1CC1. The van der Waals surface area contributed by atoms with Gasteiger partial charge in [-0.25, -0.2) is 0 Å². The van der Waals surface area contributed by atoms with Crippen LogP contribution in [-0.2, 0) is 0 Å². The van der Waals surface area contributed by atoms with Crippen molar-refractivity contribution in [1.29, 1.82) is 0 Å². The molecule has 88 valence electrons. The summed E-state index contributed by atoms with van der Waals surface area (Å²) in [7, 11) is 0. The van der Waals surface area contributed by atoms with Gasteiger partial charge in [-0.3, -0.25) is 0 Å². The van der Waals surface area contributed by atoms with Gasteiger partial charge < -0.3 is 10.6 Å². The Morgan fingerprint density at radius 2 is 2.00 bits per heavy atom. The Morgan fingerprint density at radius 3 is 2.53 bits per heavy atom. The standard InChI is InChI=1S/C13H26N2/c1-2-3-8-15(13-6-7-13)10-11-4-5-12(14)9-11/h11-13H,2-10,14H2,1H3. The molecular formula is C13H26N2. The molecule has 2 unspecified atom stereocenters. The molecule has 2 fully saturated rings. The molecule has 2 saturated carbocycles. The molecule has 2 rings (SSSR count). The highest BCUT2D eigenvalue weighted by molar-refractivity contribution is 4.88. The zero-order valence-electron chi connectivity index (χ0n) is 10.1. The first-order chi connectivity index (χ1) is 7.29. The molecule has 2 aliphatic carbocycles. The molecule has 0 spiro atoms. The number of nitrogens with zero attached hydrogens (tertiary/aromatic N) is 1. The minimum atomic E-state index is 0.502. The highest BCUT2D eigenvalue weighted by atomic mass is 15.2. The van der Waals surface area contributed by atoms with E-state index in [0.717, 1.165) is 12.0 Å². The Labute approximate surface area is 94.2 Å². The Hall–Kier alpha value is -0.0800. The van der Waals surface area contributed by atoms with Gasteiger partial charge in [0.2, 0.25) is 0 Å². The van der Waals surface area contributed by atoms with E-state index >= 15 is 0 Å². The zero-order chi connectivity index (χ0) is 10.7. The predicted octanol–water partition coefficient (Wildman–Crippen LogP) is 2.38. The second-order valence-corrected chi connectivity index (χ2v) is 5.52. The minimum absolute atomic E-state index is 0.502. The van der Waals surface area contributed by atoms with Crippen molar-refractivity contribution in [2.45, 2.75) is 64.0 Å². The van der Waals surface area contributed by atoms with Crippen LogP contribution < -0.4 is 5.73 Å².